The van der Waals surface area contributed by atoms with Crippen LogP contribution in [0.3, 0.4) is 0 Å². The van der Waals surface area contributed by atoms with E-state index in [4.69, 9.17) is 0 Å². The van der Waals surface area contributed by atoms with E-state index in [-0.39, 0.29) is 24.1 Å². The van der Waals surface area contributed by atoms with Gasteiger partial charge in [0.25, 0.3) is 0 Å². The number of methoxy groups -OCH3 is 1. The number of ether oxygens (including phenoxy) is 1. The minimum absolute atomic E-state index is 0.0788. The number of carbonyl (C=O) groups excluding carboxylic acids is 2. The summed E-state index contributed by atoms with van der Waals surface area (Å²) >= 11 is 0. The van der Waals surface area contributed by atoms with Crippen LogP contribution in [-0.2, 0) is 9.53 Å². The second kappa shape index (κ2) is 7.94. The largest absolute Gasteiger partial charge is 0.465 e. The minimum Gasteiger partial charge on any atom is -0.465 e. The number of amides is 1. The number of esters is 1. The van der Waals surface area contributed by atoms with Crippen LogP contribution < -0.4 is 10.6 Å². The van der Waals surface area contributed by atoms with E-state index < -0.39 is 11.8 Å². The number of benzene rings is 1. The van der Waals surface area contributed by atoms with E-state index in [1.165, 1.54) is 31.7 Å². The first kappa shape index (κ1) is 17.2. The topological polar surface area (TPSA) is 67.4 Å². The van der Waals surface area contributed by atoms with Crippen molar-refractivity contribution < 1.29 is 18.7 Å². The van der Waals surface area contributed by atoms with Crippen molar-refractivity contribution in [3.05, 3.63) is 29.6 Å². The van der Waals surface area contributed by atoms with Gasteiger partial charge in [0.2, 0.25) is 5.91 Å². The SMILES string of the molecule is COC(=O)c1cc(NCC(=O)N[C@H]2CCCC[C@H]2C)ccc1F. The van der Waals surface area contributed by atoms with Gasteiger partial charge in [0.1, 0.15) is 5.82 Å². The van der Waals surface area contributed by atoms with Crippen LogP contribution in [0, 0.1) is 11.7 Å². The third-order valence-corrected chi connectivity index (χ3v) is 4.28. The molecular weight excluding hydrogens is 299 g/mol. The van der Waals surface area contributed by atoms with Crippen LogP contribution >= 0.6 is 0 Å². The fourth-order valence-corrected chi connectivity index (χ4v) is 2.87. The second-order valence-electron chi connectivity index (χ2n) is 5.98. The first-order valence-corrected chi connectivity index (χ1v) is 7.92. The van der Waals surface area contributed by atoms with E-state index in [1.807, 2.05) is 0 Å². The smallest absolute Gasteiger partial charge is 0.340 e. The van der Waals surface area contributed by atoms with Gasteiger partial charge in [0, 0.05) is 11.7 Å². The molecule has 6 heteroatoms. The lowest BCUT2D eigenvalue weighted by Gasteiger charge is -2.29. The van der Waals surface area contributed by atoms with Crippen molar-refractivity contribution in [3.8, 4) is 0 Å². The molecule has 23 heavy (non-hydrogen) atoms. The molecule has 0 aliphatic heterocycles. The predicted octanol–water partition coefficient (Wildman–Crippen LogP) is 2.72. The van der Waals surface area contributed by atoms with Crippen molar-refractivity contribution >= 4 is 17.6 Å². The molecule has 5 nitrogen and oxygen atoms in total. The van der Waals surface area contributed by atoms with Crippen LogP contribution in [0.5, 0.6) is 0 Å². The Morgan fingerprint density at radius 2 is 2.04 bits per heavy atom. The zero-order valence-electron chi connectivity index (χ0n) is 13.5. The Labute approximate surface area is 135 Å². The van der Waals surface area contributed by atoms with E-state index in [2.05, 4.69) is 22.3 Å². The molecule has 1 amide bonds. The van der Waals surface area contributed by atoms with Crippen molar-refractivity contribution in [2.24, 2.45) is 5.92 Å². The van der Waals surface area contributed by atoms with Crippen molar-refractivity contribution in [3.63, 3.8) is 0 Å². The quantitative estimate of drug-likeness (QED) is 0.818. The number of rotatable bonds is 5. The average molecular weight is 322 g/mol. The maximum Gasteiger partial charge on any atom is 0.340 e. The summed E-state index contributed by atoms with van der Waals surface area (Å²) in [7, 11) is 1.20. The molecule has 0 aromatic heterocycles. The van der Waals surface area contributed by atoms with Gasteiger partial charge in [-0.15, -0.1) is 0 Å². The van der Waals surface area contributed by atoms with Gasteiger partial charge in [-0.3, -0.25) is 4.79 Å². The first-order chi connectivity index (χ1) is 11.0. The van der Waals surface area contributed by atoms with Gasteiger partial charge in [-0.25, -0.2) is 9.18 Å². The Morgan fingerprint density at radius 3 is 2.74 bits per heavy atom. The summed E-state index contributed by atoms with van der Waals surface area (Å²) in [5, 5.41) is 5.94. The van der Waals surface area contributed by atoms with Gasteiger partial charge >= 0.3 is 5.97 Å². The van der Waals surface area contributed by atoms with Gasteiger partial charge in [0.15, 0.2) is 0 Å². The lowest BCUT2D eigenvalue weighted by atomic mass is 9.86. The van der Waals surface area contributed by atoms with Gasteiger partial charge in [-0.1, -0.05) is 19.8 Å². The molecule has 0 saturated heterocycles. The molecule has 126 valence electrons. The van der Waals surface area contributed by atoms with Crippen molar-refractivity contribution in [2.75, 3.05) is 19.0 Å². The number of hydrogen-bond donors (Lipinski definition) is 2. The molecule has 0 spiro atoms. The lowest BCUT2D eigenvalue weighted by molar-refractivity contribution is -0.120. The molecule has 2 N–H and O–H groups in total. The van der Waals surface area contributed by atoms with Gasteiger partial charge in [-0.2, -0.15) is 0 Å². The Hall–Kier alpha value is -2.11. The lowest BCUT2D eigenvalue weighted by Crippen LogP contribution is -2.43. The number of halogens is 1. The second-order valence-corrected chi connectivity index (χ2v) is 5.98. The molecule has 2 atom stereocenters. The molecule has 1 aromatic rings. The zero-order valence-corrected chi connectivity index (χ0v) is 13.5. The predicted molar refractivity (Wildman–Crippen MR) is 85.8 cm³/mol. The van der Waals surface area contributed by atoms with Crippen LogP contribution in [0.4, 0.5) is 10.1 Å². The van der Waals surface area contributed by atoms with E-state index in [9.17, 15) is 14.0 Å². The van der Waals surface area contributed by atoms with Crippen molar-refractivity contribution in [1.82, 2.24) is 5.32 Å². The average Bonchev–Trinajstić information content (AvgIpc) is 2.55. The molecule has 1 aliphatic rings. The van der Waals surface area contributed by atoms with Crippen LogP contribution in [0.15, 0.2) is 18.2 Å². The minimum atomic E-state index is -0.744. The van der Waals surface area contributed by atoms with E-state index in [1.54, 1.807) is 0 Å². The van der Waals surface area contributed by atoms with Crippen LogP contribution in [-0.4, -0.2) is 31.6 Å². The summed E-state index contributed by atoms with van der Waals surface area (Å²) in [5.74, 6) is -1.01. The highest BCUT2D eigenvalue weighted by atomic mass is 19.1. The Morgan fingerprint density at radius 1 is 1.30 bits per heavy atom. The fourth-order valence-electron chi connectivity index (χ4n) is 2.87. The zero-order chi connectivity index (χ0) is 16.8. The Bertz CT molecular complexity index is 577. The summed E-state index contributed by atoms with van der Waals surface area (Å²) < 4.78 is 18.1. The molecular formula is C17H23FN2O3. The maximum atomic E-state index is 13.6. The first-order valence-electron chi connectivity index (χ1n) is 7.92. The summed E-state index contributed by atoms with van der Waals surface area (Å²) in [4.78, 5) is 23.5. The third-order valence-electron chi connectivity index (χ3n) is 4.28. The normalized spacial score (nSPS) is 20.7. The molecule has 2 rings (SSSR count). The van der Waals surface area contributed by atoms with Crippen molar-refractivity contribution in [1.29, 1.82) is 0 Å². The summed E-state index contributed by atoms with van der Waals surface area (Å²) in [6, 6.07) is 4.22. The van der Waals surface area contributed by atoms with Crippen LogP contribution in [0.2, 0.25) is 0 Å². The summed E-state index contributed by atoms with van der Waals surface area (Å²) in [5.41, 5.74) is 0.345. The molecule has 1 aromatic carbocycles. The molecule has 0 radical (unpaired) electrons. The Kier molecular flexibility index (Phi) is 5.96. The molecule has 0 bridgehead atoms. The molecule has 0 heterocycles. The highest BCUT2D eigenvalue weighted by molar-refractivity contribution is 5.91. The van der Waals surface area contributed by atoms with E-state index >= 15 is 0 Å². The third kappa shape index (κ3) is 4.68. The Balaban J connectivity index is 1.90. The number of carbonyl (C=O) groups is 2. The summed E-state index contributed by atoms with van der Waals surface area (Å²) in [6.45, 7) is 2.23. The molecule has 0 unspecified atom stereocenters. The van der Waals surface area contributed by atoms with Gasteiger partial charge in [0.05, 0.1) is 19.2 Å². The van der Waals surface area contributed by atoms with Crippen molar-refractivity contribution in [2.45, 2.75) is 38.6 Å². The molecule has 1 aliphatic carbocycles. The standard InChI is InChI=1S/C17H23FN2O3/c1-11-5-3-4-6-15(11)20-16(21)10-19-12-7-8-14(18)13(9-12)17(22)23-2/h7-9,11,15,19H,3-6,10H2,1-2H3,(H,20,21)/t11-,15+/m1/s1. The van der Waals surface area contributed by atoms with Gasteiger partial charge in [-0.05, 0) is 37.0 Å². The highest BCUT2D eigenvalue weighted by Gasteiger charge is 2.22. The number of nitrogens with one attached hydrogen (secondary N) is 2. The molecule has 1 fully saturated rings. The van der Waals surface area contributed by atoms with Crippen LogP contribution in [0.1, 0.15) is 43.0 Å². The summed E-state index contributed by atoms with van der Waals surface area (Å²) in [6.07, 6.45) is 4.51. The van der Waals surface area contributed by atoms with Gasteiger partial charge < -0.3 is 15.4 Å². The highest BCUT2D eigenvalue weighted by Crippen LogP contribution is 2.23. The van der Waals surface area contributed by atoms with Crippen LogP contribution in [0.25, 0.3) is 0 Å². The monoisotopic (exact) mass is 322 g/mol. The fraction of sp³-hybridized carbons (Fsp3) is 0.529. The molecule has 1 saturated carbocycles. The van der Waals surface area contributed by atoms with E-state index in [0.717, 1.165) is 19.3 Å². The number of anilines is 1. The number of hydrogen-bond acceptors (Lipinski definition) is 4. The maximum absolute atomic E-state index is 13.6. The van der Waals surface area contributed by atoms with E-state index in [0.29, 0.717) is 11.6 Å².